The molecule has 0 spiro atoms. The molecule has 0 aliphatic heterocycles. The minimum atomic E-state index is -1.25. The lowest BCUT2D eigenvalue weighted by molar-refractivity contribution is -0.140. The summed E-state index contributed by atoms with van der Waals surface area (Å²) in [5.41, 5.74) is 5.86. The van der Waals surface area contributed by atoms with Gasteiger partial charge in [0.05, 0.1) is 7.11 Å². The zero-order chi connectivity index (χ0) is 12.1. The lowest BCUT2D eigenvalue weighted by atomic mass is 10.1. The molecule has 0 aromatic heterocycles. The van der Waals surface area contributed by atoms with Gasteiger partial charge in [-0.2, -0.15) is 0 Å². The number of hydrogen-bond acceptors (Lipinski definition) is 5. The third kappa shape index (κ3) is 2.84. The van der Waals surface area contributed by atoms with E-state index in [4.69, 9.17) is 5.73 Å². The fraction of sp³-hybridized carbons (Fsp3) is 0.273. The zero-order valence-corrected chi connectivity index (χ0v) is 9.91. The van der Waals surface area contributed by atoms with E-state index < -0.39 is 17.8 Å². The lowest BCUT2D eigenvalue weighted by Crippen LogP contribution is -2.39. The molecule has 16 heavy (non-hydrogen) atoms. The highest BCUT2D eigenvalue weighted by molar-refractivity contribution is 7.98. The number of Topliss-reactive ketones (excluding diaryl/α,β-unsaturated/α-hetero) is 1. The first kappa shape index (κ1) is 12.7. The normalized spacial score (nSPS) is 11.9. The van der Waals surface area contributed by atoms with E-state index in [1.165, 1.54) is 7.11 Å². The molecule has 0 saturated heterocycles. The molecule has 4 nitrogen and oxygen atoms in total. The first-order chi connectivity index (χ1) is 7.60. The summed E-state index contributed by atoms with van der Waals surface area (Å²) in [6.45, 7) is 0. The molecule has 1 aromatic carbocycles. The number of thioether (sulfide) groups is 1. The topological polar surface area (TPSA) is 69.4 Å². The van der Waals surface area contributed by atoms with Gasteiger partial charge in [0.25, 0.3) is 0 Å². The zero-order valence-electron chi connectivity index (χ0n) is 9.10. The Morgan fingerprint density at radius 2 is 1.88 bits per heavy atom. The van der Waals surface area contributed by atoms with Crippen molar-refractivity contribution >= 4 is 23.5 Å². The molecule has 0 aliphatic carbocycles. The van der Waals surface area contributed by atoms with Gasteiger partial charge in [-0.3, -0.25) is 4.79 Å². The van der Waals surface area contributed by atoms with Crippen LogP contribution in [0.1, 0.15) is 10.4 Å². The smallest absolute Gasteiger partial charge is 0.330 e. The van der Waals surface area contributed by atoms with Crippen LogP contribution in [0.2, 0.25) is 0 Å². The second-order valence-electron chi connectivity index (χ2n) is 3.09. The van der Waals surface area contributed by atoms with Crippen LogP contribution in [0.25, 0.3) is 0 Å². The largest absolute Gasteiger partial charge is 0.468 e. The number of nitrogens with two attached hydrogens (primary N) is 1. The van der Waals surface area contributed by atoms with E-state index in [2.05, 4.69) is 4.74 Å². The number of rotatable bonds is 4. The van der Waals surface area contributed by atoms with E-state index in [1.54, 1.807) is 23.9 Å². The van der Waals surface area contributed by atoms with Gasteiger partial charge in [0.1, 0.15) is 0 Å². The maximum atomic E-state index is 11.7. The molecule has 0 heterocycles. The summed E-state index contributed by atoms with van der Waals surface area (Å²) in [4.78, 5) is 23.8. The lowest BCUT2D eigenvalue weighted by Gasteiger charge is -2.08. The third-order valence-electron chi connectivity index (χ3n) is 2.11. The Bertz CT molecular complexity index is 389. The summed E-state index contributed by atoms with van der Waals surface area (Å²) in [6.07, 6.45) is 1.94. The van der Waals surface area contributed by atoms with Gasteiger partial charge in [0, 0.05) is 10.5 Å². The van der Waals surface area contributed by atoms with E-state index in [0.29, 0.717) is 5.56 Å². The molecule has 0 radical (unpaired) electrons. The second-order valence-corrected chi connectivity index (χ2v) is 3.97. The summed E-state index contributed by atoms with van der Waals surface area (Å²) in [5.74, 6) is -1.15. The predicted octanol–water partition coefficient (Wildman–Crippen LogP) is 1.09. The number of methoxy groups -OCH3 is 1. The van der Waals surface area contributed by atoms with Crippen molar-refractivity contribution in [1.29, 1.82) is 0 Å². The molecule has 0 bridgehead atoms. The van der Waals surface area contributed by atoms with Gasteiger partial charge < -0.3 is 10.5 Å². The average molecular weight is 239 g/mol. The first-order valence-corrected chi connectivity index (χ1v) is 5.84. The standard InChI is InChI=1S/C11H13NO3S/c1-15-11(14)9(12)10(13)7-3-5-8(16-2)6-4-7/h3-6,9H,12H2,1-2H3. The SMILES string of the molecule is COC(=O)C(N)C(=O)c1ccc(SC)cc1. The van der Waals surface area contributed by atoms with Crippen LogP contribution in [0.5, 0.6) is 0 Å². The third-order valence-corrected chi connectivity index (χ3v) is 2.86. The molecule has 2 N–H and O–H groups in total. The quantitative estimate of drug-likeness (QED) is 0.368. The minimum Gasteiger partial charge on any atom is -0.468 e. The molecule has 0 saturated carbocycles. The molecule has 0 amide bonds. The van der Waals surface area contributed by atoms with Crippen molar-refractivity contribution < 1.29 is 14.3 Å². The highest BCUT2D eigenvalue weighted by atomic mass is 32.2. The Kier molecular flexibility index (Phi) is 4.52. The number of carbonyl (C=O) groups excluding carboxylic acids is 2. The average Bonchev–Trinajstić information content (AvgIpc) is 2.36. The summed E-state index contributed by atoms with van der Waals surface area (Å²) in [7, 11) is 1.20. The molecule has 0 fully saturated rings. The molecular formula is C11H13NO3S. The van der Waals surface area contributed by atoms with Gasteiger partial charge >= 0.3 is 5.97 Å². The van der Waals surface area contributed by atoms with Crippen LogP contribution in [0, 0.1) is 0 Å². The van der Waals surface area contributed by atoms with Gasteiger partial charge in [-0.1, -0.05) is 12.1 Å². The molecule has 86 valence electrons. The van der Waals surface area contributed by atoms with Gasteiger partial charge in [-0.25, -0.2) is 4.79 Å². The highest BCUT2D eigenvalue weighted by Gasteiger charge is 2.23. The molecule has 1 unspecified atom stereocenters. The van der Waals surface area contributed by atoms with Gasteiger partial charge in [0.2, 0.25) is 0 Å². The van der Waals surface area contributed by atoms with Crippen LogP contribution in [-0.2, 0) is 9.53 Å². The van der Waals surface area contributed by atoms with E-state index in [-0.39, 0.29) is 0 Å². The van der Waals surface area contributed by atoms with E-state index in [0.717, 1.165) is 4.90 Å². The van der Waals surface area contributed by atoms with Crippen LogP contribution in [0.4, 0.5) is 0 Å². The van der Waals surface area contributed by atoms with Crippen molar-refractivity contribution in [2.75, 3.05) is 13.4 Å². The summed E-state index contributed by atoms with van der Waals surface area (Å²) >= 11 is 1.57. The number of benzene rings is 1. The number of hydrogen-bond donors (Lipinski definition) is 1. The van der Waals surface area contributed by atoms with Crippen molar-refractivity contribution in [3.63, 3.8) is 0 Å². The van der Waals surface area contributed by atoms with Crippen molar-refractivity contribution in [3.8, 4) is 0 Å². The highest BCUT2D eigenvalue weighted by Crippen LogP contribution is 2.15. The van der Waals surface area contributed by atoms with Gasteiger partial charge in [-0.05, 0) is 18.4 Å². The molecule has 1 atom stereocenters. The molecule has 1 aromatic rings. The van der Waals surface area contributed by atoms with Crippen molar-refractivity contribution in [1.82, 2.24) is 0 Å². The van der Waals surface area contributed by atoms with Crippen LogP contribution >= 0.6 is 11.8 Å². The molecule has 5 heteroatoms. The Morgan fingerprint density at radius 1 is 1.31 bits per heavy atom. The fourth-order valence-corrected chi connectivity index (χ4v) is 1.58. The first-order valence-electron chi connectivity index (χ1n) is 4.62. The Labute approximate surface area is 98.2 Å². The van der Waals surface area contributed by atoms with Crippen molar-refractivity contribution in [2.24, 2.45) is 5.73 Å². The molecular weight excluding hydrogens is 226 g/mol. The monoisotopic (exact) mass is 239 g/mol. The molecule has 0 aliphatic rings. The number of carbonyl (C=O) groups is 2. The van der Waals surface area contributed by atoms with Gasteiger partial charge in [0.15, 0.2) is 11.8 Å². The Hall–Kier alpha value is -1.33. The molecule has 1 rings (SSSR count). The summed E-state index contributed by atoms with van der Waals surface area (Å²) < 4.78 is 4.41. The van der Waals surface area contributed by atoms with Crippen LogP contribution < -0.4 is 5.73 Å². The maximum Gasteiger partial charge on any atom is 0.330 e. The van der Waals surface area contributed by atoms with Crippen molar-refractivity contribution in [2.45, 2.75) is 10.9 Å². The van der Waals surface area contributed by atoms with E-state index in [9.17, 15) is 9.59 Å². The van der Waals surface area contributed by atoms with Crippen LogP contribution in [0.15, 0.2) is 29.2 Å². The van der Waals surface area contributed by atoms with Gasteiger partial charge in [-0.15, -0.1) is 11.8 Å². The predicted molar refractivity (Wildman–Crippen MR) is 62.5 cm³/mol. The van der Waals surface area contributed by atoms with Crippen LogP contribution in [0.3, 0.4) is 0 Å². The second kappa shape index (κ2) is 5.67. The van der Waals surface area contributed by atoms with E-state index in [1.807, 2.05) is 18.4 Å². The summed E-state index contributed by atoms with van der Waals surface area (Å²) in [5, 5.41) is 0. The Balaban J connectivity index is 2.84. The number of ketones is 1. The Morgan fingerprint density at radius 3 is 2.31 bits per heavy atom. The maximum absolute atomic E-state index is 11.7. The van der Waals surface area contributed by atoms with Crippen LogP contribution in [-0.4, -0.2) is 31.2 Å². The fourth-order valence-electron chi connectivity index (χ4n) is 1.17. The summed E-state index contributed by atoms with van der Waals surface area (Å²) in [6, 6.07) is 5.67. The number of esters is 1. The minimum absolute atomic E-state index is 0.413. The van der Waals surface area contributed by atoms with E-state index >= 15 is 0 Å². The van der Waals surface area contributed by atoms with Crippen molar-refractivity contribution in [3.05, 3.63) is 29.8 Å². The number of ether oxygens (including phenoxy) is 1.